The highest BCUT2D eigenvalue weighted by atomic mass is 35.5. The molecule has 1 amide bonds. The molecular weight excluding hydrogens is 400 g/mol. The van der Waals surface area contributed by atoms with Gasteiger partial charge in [-0.2, -0.15) is 0 Å². The Balaban J connectivity index is 1.29. The Morgan fingerprint density at radius 2 is 1.80 bits per heavy atom. The van der Waals surface area contributed by atoms with E-state index in [1.807, 2.05) is 61.5 Å². The summed E-state index contributed by atoms with van der Waals surface area (Å²) in [6, 6.07) is 18.9. The first-order valence-corrected chi connectivity index (χ1v) is 10.3. The van der Waals surface area contributed by atoms with E-state index >= 15 is 0 Å². The molecule has 1 fully saturated rings. The third-order valence-electron chi connectivity index (χ3n) is 5.15. The number of carbonyl (C=O) groups excluding carboxylic acids is 1. The molecule has 0 bridgehead atoms. The Morgan fingerprint density at radius 3 is 2.47 bits per heavy atom. The zero-order chi connectivity index (χ0) is 20.9. The molecule has 6 nitrogen and oxygen atoms in total. The van der Waals surface area contributed by atoms with Crippen LogP contribution in [0.15, 0.2) is 60.7 Å². The fourth-order valence-corrected chi connectivity index (χ4v) is 3.61. The number of halogens is 1. The van der Waals surface area contributed by atoms with E-state index in [2.05, 4.69) is 20.4 Å². The molecule has 30 heavy (non-hydrogen) atoms. The van der Waals surface area contributed by atoms with Gasteiger partial charge in [-0.1, -0.05) is 23.7 Å². The molecule has 0 radical (unpaired) electrons. The van der Waals surface area contributed by atoms with Crippen LogP contribution in [0.3, 0.4) is 0 Å². The maximum Gasteiger partial charge on any atom is 0.227 e. The Kier molecular flexibility index (Phi) is 6.14. The van der Waals surface area contributed by atoms with E-state index in [1.54, 1.807) is 6.07 Å². The Morgan fingerprint density at radius 1 is 1.03 bits per heavy atom. The number of carbonyl (C=O) groups is 1. The molecule has 0 aliphatic carbocycles. The van der Waals surface area contributed by atoms with Gasteiger partial charge in [0.15, 0.2) is 11.0 Å². The standard InChI is InChI=1S/C23H23ClN4O2/c1-16-3-2-4-20(15-16)30-19-7-5-18(6-8-19)25-23(29)17-11-13-28(14-12-17)22-10-9-21(24)26-27-22/h2-10,15,17H,11-14H2,1H3,(H,25,29). The second-order valence-electron chi connectivity index (χ2n) is 7.41. The van der Waals surface area contributed by atoms with Crippen molar-refractivity contribution in [2.24, 2.45) is 5.92 Å². The number of nitrogens with zero attached hydrogens (tertiary/aromatic N) is 3. The lowest BCUT2D eigenvalue weighted by Gasteiger charge is -2.31. The lowest BCUT2D eigenvalue weighted by Crippen LogP contribution is -2.38. The van der Waals surface area contributed by atoms with Gasteiger partial charge in [0.1, 0.15) is 11.5 Å². The number of anilines is 2. The largest absolute Gasteiger partial charge is 0.457 e. The van der Waals surface area contributed by atoms with Crippen molar-refractivity contribution in [2.45, 2.75) is 19.8 Å². The molecule has 2 aromatic carbocycles. The first-order chi connectivity index (χ1) is 14.6. The average molecular weight is 423 g/mol. The van der Waals surface area contributed by atoms with Gasteiger partial charge < -0.3 is 15.0 Å². The van der Waals surface area contributed by atoms with Gasteiger partial charge in [0.25, 0.3) is 0 Å². The first-order valence-electron chi connectivity index (χ1n) is 9.96. The lowest BCUT2D eigenvalue weighted by atomic mass is 9.96. The summed E-state index contributed by atoms with van der Waals surface area (Å²) < 4.78 is 5.86. The number of hydrogen-bond donors (Lipinski definition) is 1. The molecule has 4 rings (SSSR count). The molecule has 0 spiro atoms. The van der Waals surface area contributed by atoms with Crippen molar-refractivity contribution in [3.63, 3.8) is 0 Å². The van der Waals surface area contributed by atoms with Crippen molar-refractivity contribution in [3.05, 3.63) is 71.4 Å². The van der Waals surface area contributed by atoms with Crippen LogP contribution >= 0.6 is 11.6 Å². The molecule has 1 aromatic heterocycles. The summed E-state index contributed by atoms with van der Waals surface area (Å²) in [5, 5.41) is 11.4. The molecular formula is C23H23ClN4O2. The van der Waals surface area contributed by atoms with Crippen LogP contribution in [0.5, 0.6) is 11.5 Å². The van der Waals surface area contributed by atoms with Crippen LogP contribution in [0.25, 0.3) is 0 Å². The zero-order valence-corrected chi connectivity index (χ0v) is 17.5. The fraction of sp³-hybridized carbons (Fsp3) is 0.261. The SMILES string of the molecule is Cc1cccc(Oc2ccc(NC(=O)C3CCN(c4ccc(Cl)nn4)CC3)cc2)c1. The second kappa shape index (κ2) is 9.13. The minimum atomic E-state index is -0.0234. The predicted molar refractivity (Wildman–Crippen MR) is 118 cm³/mol. The van der Waals surface area contributed by atoms with Crippen LogP contribution in [0, 0.1) is 12.8 Å². The molecule has 3 aromatic rings. The molecule has 0 atom stereocenters. The summed E-state index contributed by atoms with van der Waals surface area (Å²) in [5.41, 5.74) is 1.91. The van der Waals surface area contributed by atoms with Crippen molar-refractivity contribution in [1.82, 2.24) is 10.2 Å². The van der Waals surface area contributed by atoms with E-state index in [-0.39, 0.29) is 11.8 Å². The zero-order valence-electron chi connectivity index (χ0n) is 16.7. The van der Waals surface area contributed by atoms with E-state index in [4.69, 9.17) is 16.3 Å². The molecule has 7 heteroatoms. The van der Waals surface area contributed by atoms with Crippen LogP contribution in [0.1, 0.15) is 18.4 Å². The minimum absolute atomic E-state index is 0.0234. The quantitative estimate of drug-likeness (QED) is 0.620. The van der Waals surface area contributed by atoms with Crippen LogP contribution in [-0.2, 0) is 4.79 Å². The fourth-order valence-electron chi connectivity index (χ4n) is 3.51. The molecule has 0 unspecified atom stereocenters. The van der Waals surface area contributed by atoms with E-state index in [0.29, 0.717) is 5.15 Å². The number of ether oxygens (including phenoxy) is 1. The first kappa shape index (κ1) is 20.2. The molecule has 2 heterocycles. The van der Waals surface area contributed by atoms with Gasteiger partial charge in [-0.05, 0) is 73.9 Å². The number of aryl methyl sites for hydroxylation is 1. The highest BCUT2D eigenvalue weighted by molar-refractivity contribution is 6.29. The lowest BCUT2D eigenvalue weighted by molar-refractivity contribution is -0.120. The van der Waals surface area contributed by atoms with Gasteiger partial charge in [-0.3, -0.25) is 4.79 Å². The van der Waals surface area contributed by atoms with E-state index < -0.39 is 0 Å². The maximum atomic E-state index is 12.7. The van der Waals surface area contributed by atoms with Gasteiger partial charge >= 0.3 is 0 Å². The number of hydrogen-bond acceptors (Lipinski definition) is 5. The summed E-state index contributed by atoms with van der Waals surface area (Å²) in [7, 11) is 0. The van der Waals surface area contributed by atoms with Crippen molar-refractivity contribution in [3.8, 4) is 11.5 Å². The molecule has 1 N–H and O–H groups in total. The molecule has 1 saturated heterocycles. The van der Waals surface area contributed by atoms with Crippen molar-refractivity contribution in [2.75, 3.05) is 23.3 Å². The summed E-state index contributed by atoms with van der Waals surface area (Å²) in [5.74, 6) is 2.34. The van der Waals surface area contributed by atoms with Crippen molar-refractivity contribution < 1.29 is 9.53 Å². The normalized spacial score (nSPS) is 14.4. The van der Waals surface area contributed by atoms with E-state index in [9.17, 15) is 4.79 Å². The smallest absolute Gasteiger partial charge is 0.227 e. The summed E-state index contributed by atoms with van der Waals surface area (Å²) in [4.78, 5) is 14.8. The minimum Gasteiger partial charge on any atom is -0.457 e. The summed E-state index contributed by atoms with van der Waals surface area (Å²) >= 11 is 5.80. The number of piperidine rings is 1. The van der Waals surface area contributed by atoms with Gasteiger partial charge in [0.05, 0.1) is 0 Å². The number of rotatable bonds is 5. The summed E-state index contributed by atoms with van der Waals surface area (Å²) in [6.07, 6.45) is 1.54. The number of benzene rings is 2. The van der Waals surface area contributed by atoms with Crippen LogP contribution < -0.4 is 15.0 Å². The molecule has 154 valence electrons. The van der Waals surface area contributed by atoms with Crippen molar-refractivity contribution >= 4 is 29.0 Å². The highest BCUT2D eigenvalue weighted by Crippen LogP contribution is 2.26. The topological polar surface area (TPSA) is 67.3 Å². The number of aromatic nitrogens is 2. The van der Waals surface area contributed by atoms with Crippen LogP contribution in [-0.4, -0.2) is 29.2 Å². The second-order valence-corrected chi connectivity index (χ2v) is 7.80. The number of nitrogens with one attached hydrogen (secondary N) is 1. The average Bonchev–Trinajstić information content (AvgIpc) is 2.76. The molecule has 1 aliphatic rings. The molecule has 1 aliphatic heterocycles. The number of amides is 1. The maximum absolute atomic E-state index is 12.7. The predicted octanol–water partition coefficient (Wildman–Crippen LogP) is 5.09. The third-order valence-corrected chi connectivity index (χ3v) is 5.36. The Labute approximate surface area is 180 Å². The van der Waals surface area contributed by atoms with Gasteiger partial charge in [-0.15, -0.1) is 10.2 Å². The van der Waals surface area contributed by atoms with Crippen molar-refractivity contribution in [1.29, 1.82) is 0 Å². The van der Waals surface area contributed by atoms with Crippen LogP contribution in [0.4, 0.5) is 11.5 Å². The van der Waals surface area contributed by atoms with Gasteiger partial charge in [0, 0.05) is 24.7 Å². The Bertz CT molecular complexity index is 1000. The molecule has 0 saturated carbocycles. The third kappa shape index (κ3) is 5.07. The van der Waals surface area contributed by atoms with E-state index in [1.165, 1.54) is 0 Å². The summed E-state index contributed by atoms with van der Waals surface area (Å²) in [6.45, 7) is 3.55. The van der Waals surface area contributed by atoms with Crippen LogP contribution in [0.2, 0.25) is 5.15 Å². The Hall–Kier alpha value is -3.12. The van der Waals surface area contributed by atoms with Gasteiger partial charge in [-0.25, -0.2) is 0 Å². The highest BCUT2D eigenvalue weighted by Gasteiger charge is 2.25. The monoisotopic (exact) mass is 422 g/mol. The van der Waals surface area contributed by atoms with E-state index in [0.717, 1.165) is 54.5 Å². The van der Waals surface area contributed by atoms with Gasteiger partial charge in [0.2, 0.25) is 5.91 Å².